The molecule has 0 aliphatic heterocycles. The highest BCUT2D eigenvalue weighted by molar-refractivity contribution is 7.15. The van der Waals surface area contributed by atoms with Gasteiger partial charge in [0.2, 0.25) is 0 Å². The Labute approximate surface area is 128 Å². The van der Waals surface area contributed by atoms with Crippen molar-refractivity contribution in [3.05, 3.63) is 53.3 Å². The molecule has 5 nitrogen and oxygen atoms in total. The number of amides is 1. The number of fused-ring (bicyclic) bond motifs is 1. The van der Waals surface area contributed by atoms with Gasteiger partial charge < -0.3 is 10.1 Å². The van der Waals surface area contributed by atoms with Crippen LogP contribution in [0.2, 0.25) is 0 Å². The summed E-state index contributed by atoms with van der Waals surface area (Å²) in [6.45, 7) is -0.104. The minimum Gasteiger partial charge on any atom is -0.481 e. The Morgan fingerprint density at radius 1 is 1.41 bits per heavy atom. The van der Waals surface area contributed by atoms with Gasteiger partial charge in [0.1, 0.15) is 5.82 Å². The molecule has 114 valence electrons. The molecule has 0 radical (unpaired) electrons. The molecule has 3 aromatic rings. The SMILES string of the molecule is O=C(COc1ccc(F)cc1F)NCc1cn2ccsc2n1. The molecule has 0 unspecified atom stereocenters. The molecular weight excluding hydrogens is 312 g/mol. The average molecular weight is 323 g/mol. The van der Waals surface area contributed by atoms with E-state index in [4.69, 9.17) is 4.74 Å². The Balaban J connectivity index is 1.51. The second-order valence-electron chi connectivity index (χ2n) is 4.47. The van der Waals surface area contributed by atoms with Gasteiger partial charge in [-0.05, 0) is 12.1 Å². The number of imidazole rings is 1. The lowest BCUT2D eigenvalue weighted by molar-refractivity contribution is -0.123. The van der Waals surface area contributed by atoms with E-state index in [1.165, 1.54) is 11.3 Å². The predicted molar refractivity (Wildman–Crippen MR) is 76.8 cm³/mol. The van der Waals surface area contributed by atoms with Crippen LogP contribution in [0.1, 0.15) is 5.69 Å². The van der Waals surface area contributed by atoms with Gasteiger partial charge in [-0.25, -0.2) is 13.8 Å². The number of halogens is 2. The first-order chi connectivity index (χ1) is 10.6. The van der Waals surface area contributed by atoms with Crippen LogP contribution >= 0.6 is 11.3 Å². The van der Waals surface area contributed by atoms with Crippen molar-refractivity contribution >= 4 is 22.2 Å². The lowest BCUT2D eigenvalue weighted by Gasteiger charge is -2.07. The van der Waals surface area contributed by atoms with Gasteiger partial charge in [0.15, 0.2) is 23.1 Å². The van der Waals surface area contributed by atoms with Gasteiger partial charge in [-0.15, -0.1) is 11.3 Å². The van der Waals surface area contributed by atoms with Gasteiger partial charge in [0.25, 0.3) is 5.91 Å². The molecular formula is C14H11F2N3O2S. The largest absolute Gasteiger partial charge is 0.481 e. The number of carbonyl (C=O) groups excluding carboxylic acids is 1. The fourth-order valence-corrected chi connectivity index (χ4v) is 2.56. The first kappa shape index (κ1) is 14.5. The predicted octanol–water partition coefficient (Wildman–Crippen LogP) is 2.37. The molecule has 0 atom stereocenters. The van der Waals surface area contributed by atoms with Gasteiger partial charge in [0.05, 0.1) is 12.2 Å². The Morgan fingerprint density at radius 3 is 3.05 bits per heavy atom. The van der Waals surface area contributed by atoms with Crippen LogP contribution in [0.3, 0.4) is 0 Å². The number of nitrogens with one attached hydrogen (secondary N) is 1. The molecule has 22 heavy (non-hydrogen) atoms. The van der Waals surface area contributed by atoms with Crippen molar-refractivity contribution in [2.24, 2.45) is 0 Å². The van der Waals surface area contributed by atoms with E-state index >= 15 is 0 Å². The summed E-state index contributed by atoms with van der Waals surface area (Å²) in [5, 5.41) is 4.53. The third kappa shape index (κ3) is 3.22. The zero-order chi connectivity index (χ0) is 15.5. The van der Waals surface area contributed by atoms with E-state index in [-0.39, 0.29) is 18.9 Å². The number of hydrogen-bond donors (Lipinski definition) is 1. The molecule has 1 aromatic carbocycles. The number of thiazole rings is 1. The lowest BCUT2D eigenvalue weighted by Crippen LogP contribution is -2.28. The molecule has 0 saturated heterocycles. The monoisotopic (exact) mass is 323 g/mol. The van der Waals surface area contributed by atoms with Gasteiger partial charge in [-0.1, -0.05) is 0 Å². The molecule has 0 fully saturated rings. The van der Waals surface area contributed by atoms with E-state index in [0.717, 1.165) is 17.1 Å². The van der Waals surface area contributed by atoms with Crippen molar-refractivity contribution in [2.75, 3.05) is 6.61 Å². The maximum Gasteiger partial charge on any atom is 0.258 e. The number of ether oxygens (including phenoxy) is 1. The van der Waals surface area contributed by atoms with Crippen molar-refractivity contribution in [3.8, 4) is 5.75 Å². The summed E-state index contributed by atoms with van der Waals surface area (Å²) < 4.78 is 32.9. The highest BCUT2D eigenvalue weighted by atomic mass is 32.1. The smallest absolute Gasteiger partial charge is 0.258 e. The summed E-state index contributed by atoms with van der Waals surface area (Å²) in [5.41, 5.74) is 0.716. The van der Waals surface area contributed by atoms with Crippen LogP contribution in [-0.2, 0) is 11.3 Å². The van der Waals surface area contributed by atoms with Gasteiger partial charge in [-0.2, -0.15) is 0 Å². The number of hydrogen-bond acceptors (Lipinski definition) is 4. The first-order valence-corrected chi connectivity index (χ1v) is 7.25. The van der Waals surface area contributed by atoms with E-state index < -0.39 is 17.5 Å². The molecule has 1 amide bonds. The zero-order valence-corrected chi connectivity index (χ0v) is 12.1. The lowest BCUT2D eigenvalue weighted by atomic mass is 10.3. The summed E-state index contributed by atoms with van der Waals surface area (Å²) in [6.07, 6.45) is 3.69. The standard InChI is InChI=1S/C14H11F2N3O2S/c15-9-1-2-12(11(16)5-9)21-8-13(20)17-6-10-7-19-3-4-22-14(19)18-10/h1-5,7H,6,8H2,(H,17,20). The highest BCUT2D eigenvalue weighted by Crippen LogP contribution is 2.17. The van der Waals surface area contributed by atoms with Crippen LogP contribution in [0.15, 0.2) is 36.0 Å². The van der Waals surface area contributed by atoms with E-state index in [1.54, 1.807) is 0 Å². The molecule has 0 aliphatic rings. The molecule has 1 N–H and O–H groups in total. The Hall–Kier alpha value is -2.48. The minimum absolute atomic E-state index is 0.168. The summed E-state index contributed by atoms with van der Waals surface area (Å²) >= 11 is 1.49. The van der Waals surface area contributed by atoms with Crippen molar-refractivity contribution < 1.29 is 18.3 Å². The Bertz CT molecular complexity index is 787. The number of carbonyl (C=O) groups is 1. The van der Waals surface area contributed by atoms with Crippen LogP contribution in [0.5, 0.6) is 5.75 Å². The Kier molecular flexibility index (Phi) is 4.01. The summed E-state index contributed by atoms with van der Waals surface area (Å²) in [7, 11) is 0. The van der Waals surface area contributed by atoms with E-state index in [9.17, 15) is 13.6 Å². The van der Waals surface area contributed by atoms with Crippen LogP contribution in [0.25, 0.3) is 4.96 Å². The van der Waals surface area contributed by atoms with E-state index in [1.807, 2.05) is 22.2 Å². The van der Waals surface area contributed by atoms with E-state index in [2.05, 4.69) is 10.3 Å². The normalized spacial score (nSPS) is 10.8. The van der Waals surface area contributed by atoms with Crippen molar-refractivity contribution in [3.63, 3.8) is 0 Å². The summed E-state index contributed by atoms with van der Waals surface area (Å²) in [4.78, 5) is 16.8. The number of benzene rings is 1. The van der Waals surface area contributed by atoms with Gasteiger partial charge in [-0.3, -0.25) is 9.20 Å². The third-order valence-electron chi connectivity index (χ3n) is 2.86. The summed E-state index contributed by atoms with van der Waals surface area (Å²) in [6, 6.07) is 2.90. The molecule has 2 heterocycles. The molecule has 2 aromatic heterocycles. The van der Waals surface area contributed by atoms with Gasteiger partial charge in [0, 0.05) is 23.8 Å². The topological polar surface area (TPSA) is 55.6 Å². The summed E-state index contributed by atoms with van der Waals surface area (Å²) in [5.74, 6) is -2.13. The second kappa shape index (κ2) is 6.10. The highest BCUT2D eigenvalue weighted by Gasteiger charge is 2.09. The van der Waals surface area contributed by atoms with Crippen LogP contribution < -0.4 is 10.1 Å². The van der Waals surface area contributed by atoms with Gasteiger partial charge >= 0.3 is 0 Å². The van der Waals surface area contributed by atoms with Crippen LogP contribution in [0.4, 0.5) is 8.78 Å². The molecule has 0 saturated carbocycles. The molecule has 0 bridgehead atoms. The van der Waals surface area contributed by atoms with Crippen molar-refractivity contribution in [2.45, 2.75) is 6.54 Å². The molecule has 8 heteroatoms. The maximum atomic E-state index is 13.3. The molecule has 0 aliphatic carbocycles. The molecule has 0 spiro atoms. The van der Waals surface area contributed by atoms with Crippen molar-refractivity contribution in [1.29, 1.82) is 0 Å². The third-order valence-corrected chi connectivity index (χ3v) is 3.63. The first-order valence-electron chi connectivity index (χ1n) is 6.37. The van der Waals surface area contributed by atoms with Crippen LogP contribution in [0, 0.1) is 11.6 Å². The minimum atomic E-state index is -0.845. The fraction of sp³-hybridized carbons (Fsp3) is 0.143. The average Bonchev–Trinajstić information content (AvgIpc) is 3.05. The maximum absolute atomic E-state index is 13.3. The number of rotatable bonds is 5. The second-order valence-corrected chi connectivity index (χ2v) is 5.34. The molecule has 3 rings (SSSR count). The Morgan fingerprint density at radius 2 is 2.27 bits per heavy atom. The number of aromatic nitrogens is 2. The zero-order valence-electron chi connectivity index (χ0n) is 11.3. The van der Waals surface area contributed by atoms with Crippen molar-refractivity contribution in [1.82, 2.24) is 14.7 Å². The number of nitrogens with zero attached hydrogens (tertiary/aromatic N) is 2. The van der Waals surface area contributed by atoms with E-state index in [0.29, 0.717) is 11.8 Å². The van der Waals surface area contributed by atoms with Crippen LogP contribution in [-0.4, -0.2) is 21.9 Å². The fourth-order valence-electron chi connectivity index (χ4n) is 1.84. The quantitative estimate of drug-likeness (QED) is 0.784.